The van der Waals surface area contributed by atoms with E-state index in [1.807, 2.05) is 31.3 Å². The largest absolute Gasteiger partial charge is 0.342 e. The van der Waals surface area contributed by atoms with Crippen LogP contribution in [0.15, 0.2) is 59.3 Å². The molecule has 0 saturated heterocycles. The van der Waals surface area contributed by atoms with E-state index in [1.54, 1.807) is 6.08 Å². The summed E-state index contributed by atoms with van der Waals surface area (Å²) >= 11 is 0. The molecule has 5 rings (SSSR count). The topological polar surface area (TPSA) is 85.8 Å². The van der Waals surface area contributed by atoms with Gasteiger partial charge in [-0.05, 0) is 43.9 Å². The lowest BCUT2D eigenvalue weighted by atomic mass is 9.93. The minimum absolute atomic E-state index is 0.132. The van der Waals surface area contributed by atoms with E-state index in [0.29, 0.717) is 17.9 Å². The van der Waals surface area contributed by atoms with Gasteiger partial charge in [-0.1, -0.05) is 50.2 Å². The van der Waals surface area contributed by atoms with Gasteiger partial charge in [-0.2, -0.15) is 4.98 Å². The Hall–Kier alpha value is -3.55. The molecule has 2 aliphatic carbocycles. The Kier molecular flexibility index (Phi) is 7.92. The van der Waals surface area contributed by atoms with Crippen molar-refractivity contribution in [1.82, 2.24) is 25.0 Å². The highest BCUT2D eigenvalue weighted by Crippen LogP contribution is 2.25. The molecule has 3 aliphatic rings. The first kappa shape index (κ1) is 24.1. The summed E-state index contributed by atoms with van der Waals surface area (Å²) in [5.74, 6) is 1.77. The van der Waals surface area contributed by atoms with Crippen molar-refractivity contribution < 1.29 is 13.7 Å². The third-order valence-corrected chi connectivity index (χ3v) is 5.01. The lowest BCUT2D eigenvalue weighted by molar-refractivity contribution is -0.108. The Morgan fingerprint density at radius 1 is 1.24 bits per heavy atom. The fraction of sp³-hybridized carbons (Fsp3) is 0.360. The number of aryl methyl sites for hydroxylation is 1. The number of carbonyl (C=O) groups is 1. The SMILES string of the molecule is CC1C=CC(NC=O)=CC(c2ncon2)=C1.Cc1cnc2n1C=CC(C)(C)C=C2.FC1CC1. The van der Waals surface area contributed by atoms with E-state index >= 15 is 0 Å². The van der Waals surface area contributed by atoms with Gasteiger partial charge in [0, 0.05) is 34.8 Å². The molecule has 0 aromatic carbocycles. The molecule has 3 heterocycles. The van der Waals surface area contributed by atoms with Crippen LogP contribution in [0, 0.1) is 18.3 Å². The molecule has 1 atom stereocenters. The molecule has 0 bridgehead atoms. The fourth-order valence-corrected chi connectivity index (χ4v) is 2.91. The number of fused-ring (bicyclic) bond motifs is 1. The number of halogens is 1. The molecule has 1 saturated carbocycles. The van der Waals surface area contributed by atoms with Crippen molar-refractivity contribution in [2.24, 2.45) is 11.3 Å². The standard InChI is InChI=1S/C11H11N3O2.C11H14N2.C3H5F/c1-8-2-3-10(12-6-15)5-9(4-8)11-13-7-16-14-11;1-9-8-12-10-4-5-11(2,3)6-7-13(9)10;4-3-1-2-3/h2-8H,1H3,(H,12,15);4-8H,1-3H3;3H,1-2H2. The number of imidazole rings is 1. The monoisotopic (exact) mass is 451 g/mol. The minimum Gasteiger partial charge on any atom is -0.342 e. The molecule has 33 heavy (non-hydrogen) atoms. The van der Waals surface area contributed by atoms with Gasteiger partial charge in [0.25, 0.3) is 0 Å². The average molecular weight is 452 g/mol. The number of allylic oxidation sites excluding steroid dienone is 7. The first-order chi connectivity index (χ1) is 15.8. The van der Waals surface area contributed by atoms with E-state index in [2.05, 4.69) is 70.2 Å². The van der Waals surface area contributed by atoms with Gasteiger partial charge in [-0.15, -0.1) is 0 Å². The second kappa shape index (κ2) is 10.8. The van der Waals surface area contributed by atoms with E-state index in [0.717, 1.165) is 24.2 Å². The van der Waals surface area contributed by atoms with E-state index in [9.17, 15) is 9.18 Å². The molecule has 0 radical (unpaired) electrons. The van der Waals surface area contributed by atoms with Gasteiger partial charge in [0.1, 0.15) is 12.0 Å². The minimum atomic E-state index is -0.417. The van der Waals surface area contributed by atoms with Crippen LogP contribution in [0.3, 0.4) is 0 Å². The summed E-state index contributed by atoms with van der Waals surface area (Å²) < 4.78 is 17.9. The lowest BCUT2D eigenvalue weighted by Crippen LogP contribution is -2.08. The van der Waals surface area contributed by atoms with Crippen LogP contribution in [-0.4, -0.2) is 32.3 Å². The lowest BCUT2D eigenvalue weighted by Gasteiger charge is -2.11. The van der Waals surface area contributed by atoms with E-state index in [4.69, 9.17) is 4.52 Å². The summed E-state index contributed by atoms with van der Waals surface area (Å²) in [7, 11) is 0. The normalized spacial score (nSPS) is 20.0. The van der Waals surface area contributed by atoms with Crippen molar-refractivity contribution in [3.05, 3.63) is 72.1 Å². The summed E-state index contributed by atoms with van der Waals surface area (Å²) in [6, 6.07) is 0. The van der Waals surface area contributed by atoms with Gasteiger partial charge >= 0.3 is 0 Å². The van der Waals surface area contributed by atoms with Gasteiger partial charge in [-0.25, -0.2) is 9.37 Å². The Bertz CT molecular complexity index is 1090. The summed E-state index contributed by atoms with van der Waals surface area (Å²) in [6.45, 7) is 8.46. The van der Waals surface area contributed by atoms with Crippen LogP contribution in [0.25, 0.3) is 17.8 Å². The van der Waals surface area contributed by atoms with Crippen LogP contribution < -0.4 is 5.32 Å². The number of aromatic nitrogens is 4. The molecule has 1 amide bonds. The van der Waals surface area contributed by atoms with Crippen molar-refractivity contribution in [2.75, 3.05) is 0 Å². The summed E-state index contributed by atoms with van der Waals surface area (Å²) in [6.07, 6.45) is 21.2. The van der Waals surface area contributed by atoms with Gasteiger partial charge < -0.3 is 14.4 Å². The Morgan fingerprint density at radius 3 is 2.64 bits per heavy atom. The van der Waals surface area contributed by atoms with Crippen molar-refractivity contribution >= 4 is 24.3 Å². The first-order valence-corrected chi connectivity index (χ1v) is 10.9. The predicted octanol–water partition coefficient (Wildman–Crippen LogP) is 5.12. The molecule has 174 valence electrons. The zero-order chi connectivity index (χ0) is 23.8. The quantitative estimate of drug-likeness (QED) is 0.655. The van der Waals surface area contributed by atoms with E-state index in [1.165, 1.54) is 12.1 Å². The molecule has 2 aromatic heterocycles. The number of nitrogens with zero attached hydrogens (tertiary/aromatic N) is 4. The van der Waals surface area contributed by atoms with Crippen LogP contribution in [0.4, 0.5) is 4.39 Å². The molecule has 1 fully saturated rings. The number of alkyl halides is 1. The molecule has 8 heteroatoms. The molecule has 0 spiro atoms. The van der Waals surface area contributed by atoms with Crippen LogP contribution in [0.5, 0.6) is 0 Å². The Balaban J connectivity index is 0.000000161. The number of rotatable bonds is 3. The zero-order valence-electron chi connectivity index (χ0n) is 19.4. The van der Waals surface area contributed by atoms with E-state index in [-0.39, 0.29) is 11.3 Å². The summed E-state index contributed by atoms with van der Waals surface area (Å²) in [5, 5.41) is 6.37. The summed E-state index contributed by atoms with van der Waals surface area (Å²) in [4.78, 5) is 18.7. The highest BCUT2D eigenvalue weighted by atomic mass is 19.1. The Morgan fingerprint density at radius 2 is 2.00 bits per heavy atom. The molecular weight excluding hydrogens is 421 g/mol. The number of amides is 1. The molecule has 1 N–H and O–H groups in total. The van der Waals surface area contributed by atoms with Crippen LogP contribution in [-0.2, 0) is 4.79 Å². The average Bonchev–Trinajstić information content (AvgIpc) is 3.31. The number of nitrogens with one attached hydrogen (secondary N) is 1. The number of hydrogen-bond acceptors (Lipinski definition) is 5. The highest BCUT2D eigenvalue weighted by Gasteiger charge is 2.18. The molecule has 1 unspecified atom stereocenters. The maximum atomic E-state index is 11.1. The van der Waals surface area contributed by atoms with Crippen molar-refractivity contribution in [3.8, 4) is 0 Å². The van der Waals surface area contributed by atoms with Crippen LogP contribution >= 0.6 is 0 Å². The highest BCUT2D eigenvalue weighted by molar-refractivity contribution is 5.73. The second-order valence-corrected chi connectivity index (χ2v) is 8.73. The number of hydrogen-bond donors (Lipinski definition) is 1. The molecule has 2 aromatic rings. The predicted molar refractivity (Wildman–Crippen MR) is 127 cm³/mol. The third kappa shape index (κ3) is 7.52. The van der Waals surface area contributed by atoms with Crippen molar-refractivity contribution in [3.63, 3.8) is 0 Å². The molecular formula is C25H30FN5O2. The maximum absolute atomic E-state index is 11.1. The molecule has 1 aliphatic heterocycles. The zero-order valence-corrected chi connectivity index (χ0v) is 19.4. The van der Waals surface area contributed by atoms with Crippen molar-refractivity contribution in [1.29, 1.82) is 0 Å². The molecule has 7 nitrogen and oxygen atoms in total. The second-order valence-electron chi connectivity index (χ2n) is 8.73. The third-order valence-electron chi connectivity index (χ3n) is 5.01. The van der Waals surface area contributed by atoms with Crippen LogP contribution in [0.2, 0.25) is 0 Å². The van der Waals surface area contributed by atoms with Gasteiger partial charge in [0.05, 0.1) is 0 Å². The van der Waals surface area contributed by atoms with Crippen molar-refractivity contribution in [2.45, 2.75) is 46.7 Å². The van der Waals surface area contributed by atoms with Gasteiger partial charge in [0.2, 0.25) is 18.6 Å². The Labute approximate surface area is 193 Å². The van der Waals surface area contributed by atoms with E-state index < -0.39 is 6.17 Å². The number of carbonyl (C=O) groups excluding carboxylic acids is 1. The summed E-state index contributed by atoms with van der Waals surface area (Å²) in [5.41, 5.74) is 2.84. The van der Waals surface area contributed by atoms with Gasteiger partial charge in [0.15, 0.2) is 0 Å². The van der Waals surface area contributed by atoms with Crippen LogP contribution in [0.1, 0.15) is 51.0 Å². The maximum Gasteiger partial charge on any atom is 0.214 e. The fourth-order valence-electron chi connectivity index (χ4n) is 2.91. The first-order valence-electron chi connectivity index (χ1n) is 10.9. The van der Waals surface area contributed by atoms with Gasteiger partial charge in [-0.3, -0.25) is 4.79 Å². The smallest absolute Gasteiger partial charge is 0.214 e.